The van der Waals surface area contributed by atoms with Crippen molar-refractivity contribution < 1.29 is 9.53 Å². The molecule has 1 aromatic heterocycles. The third kappa shape index (κ3) is 3.25. The van der Waals surface area contributed by atoms with Gasteiger partial charge in [-0.2, -0.15) is 0 Å². The van der Waals surface area contributed by atoms with Crippen LogP contribution >= 0.6 is 12.2 Å². The van der Waals surface area contributed by atoms with Crippen LogP contribution in [0.15, 0.2) is 47.3 Å². The molecule has 26 heavy (non-hydrogen) atoms. The molecule has 0 fully saturated rings. The minimum absolute atomic E-state index is 0.162. The number of hydrogen-bond donors (Lipinski definition) is 2. The molecule has 1 unspecified atom stereocenters. The van der Waals surface area contributed by atoms with E-state index < -0.39 is 0 Å². The lowest BCUT2D eigenvalue weighted by Crippen LogP contribution is -2.30. The van der Waals surface area contributed by atoms with Gasteiger partial charge in [-0.1, -0.05) is 18.2 Å². The number of aromatic amines is 2. The number of amides is 1. The van der Waals surface area contributed by atoms with Crippen LogP contribution in [-0.4, -0.2) is 34.9 Å². The van der Waals surface area contributed by atoms with Crippen molar-refractivity contribution >= 4 is 29.0 Å². The van der Waals surface area contributed by atoms with Gasteiger partial charge in [0.05, 0.1) is 24.1 Å². The highest BCUT2D eigenvalue weighted by Crippen LogP contribution is 2.29. The Kier molecular flexibility index (Phi) is 4.90. The highest BCUT2D eigenvalue weighted by molar-refractivity contribution is 7.71. The van der Waals surface area contributed by atoms with Gasteiger partial charge in [0.25, 0.3) is 11.5 Å². The first-order valence-electron chi connectivity index (χ1n) is 8.09. The number of H-pyrrole nitrogens is 2. The molecule has 6 nitrogen and oxygen atoms in total. The zero-order valence-electron chi connectivity index (χ0n) is 14.7. The van der Waals surface area contributed by atoms with Crippen LogP contribution in [0.25, 0.3) is 10.9 Å². The Morgan fingerprint density at radius 1 is 1.19 bits per heavy atom. The quantitative estimate of drug-likeness (QED) is 0.691. The summed E-state index contributed by atoms with van der Waals surface area (Å²) in [5.74, 6) is 0.568. The predicted molar refractivity (Wildman–Crippen MR) is 103 cm³/mol. The summed E-state index contributed by atoms with van der Waals surface area (Å²) in [7, 11) is 3.35. The summed E-state index contributed by atoms with van der Waals surface area (Å²) in [5, 5.41) is 0.454. The Morgan fingerprint density at radius 2 is 1.92 bits per heavy atom. The molecule has 7 heteroatoms. The minimum atomic E-state index is -0.279. The van der Waals surface area contributed by atoms with E-state index in [1.807, 2.05) is 31.2 Å². The van der Waals surface area contributed by atoms with Gasteiger partial charge in [0, 0.05) is 18.2 Å². The molecule has 3 rings (SSSR count). The molecule has 0 spiro atoms. The van der Waals surface area contributed by atoms with Crippen LogP contribution in [0.1, 0.15) is 28.9 Å². The van der Waals surface area contributed by atoms with Gasteiger partial charge in [-0.25, -0.2) is 0 Å². The van der Waals surface area contributed by atoms with Crippen LogP contribution < -0.4 is 10.3 Å². The molecule has 134 valence electrons. The van der Waals surface area contributed by atoms with Gasteiger partial charge in [0.15, 0.2) is 4.77 Å². The van der Waals surface area contributed by atoms with Gasteiger partial charge in [0.2, 0.25) is 0 Å². The number of hydrogen-bond acceptors (Lipinski definition) is 4. The predicted octanol–water partition coefficient (Wildman–Crippen LogP) is 3.43. The fourth-order valence-corrected chi connectivity index (χ4v) is 3.11. The van der Waals surface area contributed by atoms with Gasteiger partial charge >= 0.3 is 0 Å². The second-order valence-electron chi connectivity index (χ2n) is 6.00. The third-order valence-electron chi connectivity index (χ3n) is 4.48. The third-order valence-corrected chi connectivity index (χ3v) is 4.68. The molecular formula is C19H19N3O3S. The van der Waals surface area contributed by atoms with Gasteiger partial charge in [0.1, 0.15) is 5.75 Å². The highest BCUT2D eigenvalue weighted by Gasteiger charge is 2.21. The highest BCUT2D eigenvalue weighted by atomic mass is 32.1. The van der Waals surface area contributed by atoms with E-state index in [0.29, 0.717) is 16.5 Å². The minimum Gasteiger partial charge on any atom is -0.496 e. The number of rotatable bonds is 4. The summed E-state index contributed by atoms with van der Waals surface area (Å²) < 4.78 is 5.62. The van der Waals surface area contributed by atoms with Gasteiger partial charge in [-0.05, 0) is 43.4 Å². The van der Waals surface area contributed by atoms with Crippen molar-refractivity contribution in [3.63, 3.8) is 0 Å². The van der Waals surface area contributed by atoms with Crippen LogP contribution in [0.3, 0.4) is 0 Å². The second-order valence-corrected chi connectivity index (χ2v) is 6.41. The molecule has 0 aliphatic rings. The normalized spacial score (nSPS) is 12.0. The van der Waals surface area contributed by atoms with Crippen molar-refractivity contribution in [1.29, 1.82) is 0 Å². The smallest absolute Gasteiger partial charge is 0.259 e. The molecule has 1 amide bonds. The number of nitrogens with one attached hydrogen (secondary N) is 2. The van der Waals surface area contributed by atoms with E-state index in [1.54, 1.807) is 37.3 Å². The first-order chi connectivity index (χ1) is 12.4. The number of para-hydroxylation sites is 1. The largest absolute Gasteiger partial charge is 0.496 e. The molecule has 2 N–H and O–H groups in total. The Bertz CT molecular complexity index is 1090. The fraction of sp³-hybridized carbons (Fsp3) is 0.211. The van der Waals surface area contributed by atoms with Crippen LogP contribution in [0.4, 0.5) is 0 Å². The van der Waals surface area contributed by atoms with Crippen LogP contribution in [0.5, 0.6) is 5.75 Å². The first-order valence-corrected chi connectivity index (χ1v) is 8.49. The summed E-state index contributed by atoms with van der Waals surface area (Å²) in [6.07, 6.45) is 0. The molecule has 3 aromatic rings. The van der Waals surface area contributed by atoms with E-state index in [9.17, 15) is 9.59 Å². The number of carbonyl (C=O) groups is 1. The lowest BCUT2D eigenvalue weighted by molar-refractivity contribution is 0.0741. The molecule has 2 aromatic carbocycles. The number of methoxy groups -OCH3 is 1. The van der Waals surface area contributed by atoms with Crippen molar-refractivity contribution in [1.82, 2.24) is 14.9 Å². The Hall–Kier alpha value is -2.93. The lowest BCUT2D eigenvalue weighted by atomic mass is 10.0. The topological polar surface area (TPSA) is 78.2 Å². The average molecular weight is 369 g/mol. The number of fused-ring (bicyclic) bond motifs is 1. The van der Waals surface area contributed by atoms with Crippen LogP contribution in [0, 0.1) is 4.77 Å². The number of benzene rings is 2. The van der Waals surface area contributed by atoms with Crippen molar-refractivity contribution in [3.05, 3.63) is 68.7 Å². The SMILES string of the molecule is COc1ccccc1C(C)N(C)C(=O)c1ccc2c(=O)[nH]c(=S)[nH]c2c1. The fourth-order valence-electron chi connectivity index (χ4n) is 2.90. The van der Waals surface area contributed by atoms with E-state index in [0.717, 1.165) is 11.3 Å². The van der Waals surface area contributed by atoms with E-state index in [2.05, 4.69) is 9.97 Å². The maximum absolute atomic E-state index is 12.9. The monoisotopic (exact) mass is 369 g/mol. The van der Waals surface area contributed by atoms with Gasteiger partial charge < -0.3 is 14.6 Å². The Morgan fingerprint density at radius 3 is 2.65 bits per heavy atom. The molecule has 0 bridgehead atoms. The molecule has 0 aliphatic carbocycles. The van der Waals surface area contributed by atoms with E-state index in [4.69, 9.17) is 17.0 Å². The number of ether oxygens (including phenoxy) is 1. The Balaban J connectivity index is 1.96. The standard InChI is InChI=1S/C19H19N3O3S/c1-11(13-6-4-5-7-16(13)25-3)22(2)18(24)12-8-9-14-15(10-12)20-19(26)21-17(14)23/h4-11H,1-3H3,(H2,20,21,23,26). The molecule has 0 aliphatic heterocycles. The van der Waals surface area contributed by atoms with E-state index in [1.165, 1.54) is 0 Å². The lowest BCUT2D eigenvalue weighted by Gasteiger charge is -2.26. The van der Waals surface area contributed by atoms with Crippen molar-refractivity contribution in [2.75, 3.05) is 14.2 Å². The molecule has 1 atom stereocenters. The zero-order valence-corrected chi connectivity index (χ0v) is 15.5. The maximum atomic E-state index is 12.9. The summed E-state index contributed by atoms with van der Waals surface area (Å²) in [6, 6.07) is 12.3. The molecular weight excluding hydrogens is 350 g/mol. The summed E-state index contributed by atoms with van der Waals surface area (Å²) in [4.78, 5) is 31.9. The first kappa shape index (κ1) is 17.9. The van der Waals surface area contributed by atoms with Gasteiger partial charge in [-0.3, -0.25) is 14.6 Å². The summed E-state index contributed by atoms with van der Waals surface area (Å²) in [5.41, 5.74) is 1.64. The van der Waals surface area contributed by atoms with E-state index >= 15 is 0 Å². The van der Waals surface area contributed by atoms with Crippen LogP contribution in [0.2, 0.25) is 0 Å². The maximum Gasteiger partial charge on any atom is 0.259 e. The number of nitrogens with zero attached hydrogens (tertiary/aromatic N) is 1. The van der Waals surface area contributed by atoms with E-state index in [-0.39, 0.29) is 22.3 Å². The molecule has 0 saturated heterocycles. The average Bonchev–Trinajstić information content (AvgIpc) is 2.65. The van der Waals surface area contributed by atoms with Crippen molar-refractivity contribution in [3.8, 4) is 5.75 Å². The van der Waals surface area contributed by atoms with Crippen LogP contribution in [-0.2, 0) is 0 Å². The summed E-state index contributed by atoms with van der Waals surface area (Å²) in [6.45, 7) is 1.94. The number of carbonyl (C=O) groups excluding carboxylic acids is 1. The molecule has 1 heterocycles. The van der Waals surface area contributed by atoms with Crippen molar-refractivity contribution in [2.45, 2.75) is 13.0 Å². The molecule has 0 radical (unpaired) electrons. The molecule has 0 saturated carbocycles. The second kappa shape index (κ2) is 7.13. The number of aromatic nitrogens is 2. The van der Waals surface area contributed by atoms with Gasteiger partial charge in [-0.15, -0.1) is 0 Å². The van der Waals surface area contributed by atoms with Crippen molar-refractivity contribution in [2.24, 2.45) is 0 Å². The Labute approximate surface area is 155 Å². The zero-order chi connectivity index (χ0) is 18.8. The summed E-state index contributed by atoms with van der Waals surface area (Å²) >= 11 is 5.00.